The molecule has 1 aromatic heterocycles. The Balaban J connectivity index is 1.41. The van der Waals surface area contributed by atoms with Gasteiger partial charge in [0.2, 0.25) is 0 Å². The van der Waals surface area contributed by atoms with Gasteiger partial charge in [-0.25, -0.2) is 0 Å². The number of fused-ring (bicyclic) bond motifs is 1. The summed E-state index contributed by atoms with van der Waals surface area (Å²) in [7, 11) is 0. The van der Waals surface area contributed by atoms with Crippen molar-refractivity contribution >= 4 is 23.4 Å². The van der Waals surface area contributed by atoms with Crippen molar-refractivity contribution in [1.29, 1.82) is 0 Å². The van der Waals surface area contributed by atoms with Crippen LogP contribution in [-0.2, 0) is 23.6 Å². The molecule has 0 saturated heterocycles. The molecule has 3 aromatic rings. The largest absolute Gasteiger partial charge is 0.467 e. The average molecular weight is 414 g/mol. The lowest BCUT2D eigenvalue weighted by molar-refractivity contribution is -0.0168. The van der Waals surface area contributed by atoms with Gasteiger partial charge in [0.1, 0.15) is 11.6 Å². The van der Waals surface area contributed by atoms with Crippen LogP contribution in [0.2, 0.25) is 5.02 Å². The molecule has 28 heavy (non-hydrogen) atoms. The Hall–Kier alpha value is -2.02. The van der Waals surface area contributed by atoms with Gasteiger partial charge >= 0.3 is 0 Å². The fraction of sp³-hybridized carbons (Fsp3) is 0.333. The van der Waals surface area contributed by atoms with E-state index in [0.29, 0.717) is 17.5 Å². The van der Waals surface area contributed by atoms with Gasteiger partial charge in [-0.2, -0.15) is 0 Å². The van der Waals surface area contributed by atoms with E-state index in [0.717, 1.165) is 40.2 Å². The van der Waals surface area contributed by atoms with E-state index in [-0.39, 0.29) is 6.79 Å². The highest BCUT2D eigenvalue weighted by Gasteiger charge is 2.30. The van der Waals surface area contributed by atoms with Crippen LogP contribution in [-0.4, -0.2) is 21.6 Å². The molecule has 2 aliphatic rings. The molecule has 0 N–H and O–H groups in total. The number of benzene rings is 2. The number of rotatable bonds is 6. The summed E-state index contributed by atoms with van der Waals surface area (Å²) < 4.78 is 13.4. The van der Waals surface area contributed by atoms with Crippen molar-refractivity contribution < 1.29 is 9.47 Å². The summed E-state index contributed by atoms with van der Waals surface area (Å²) in [6.07, 6.45) is 2.40. The maximum Gasteiger partial charge on any atom is 0.191 e. The summed E-state index contributed by atoms with van der Waals surface area (Å²) in [5.74, 6) is 3.26. The summed E-state index contributed by atoms with van der Waals surface area (Å²) in [4.78, 5) is 0. The quantitative estimate of drug-likeness (QED) is 0.531. The third kappa shape index (κ3) is 3.77. The first-order valence-corrected chi connectivity index (χ1v) is 10.8. The number of hydrogen-bond acceptors (Lipinski definition) is 5. The van der Waals surface area contributed by atoms with Gasteiger partial charge in [-0.3, -0.25) is 0 Å². The lowest BCUT2D eigenvalue weighted by atomic mass is 10.1. The molecule has 1 saturated carbocycles. The molecule has 5 rings (SSSR count). The first-order valence-electron chi connectivity index (χ1n) is 9.39. The Morgan fingerprint density at radius 2 is 2.00 bits per heavy atom. The monoisotopic (exact) mass is 413 g/mol. The van der Waals surface area contributed by atoms with Gasteiger partial charge in [-0.15, -0.1) is 10.2 Å². The second-order valence-corrected chi connectivity index (χ2v) is 8.52. The van der Waals surface area contributed by atoms with E-state index in [2.05, 4.69) is 39.0 Å². The number of aromatic nitrogens is 3. The molecular formula is C21H20ClN3O2S. The number of thioether (sulfide) groups is 1. The van der Waals surface area contributed by atoms with E-state index in [1.165, 1.54) is 18.4 Å². The Morgan fingerprint density at radius 3 is 2.82 bits per heavy atom. The van der Waals surface area contributed by atoms with Crippen molar-refractivity contribution in [2.75, 3.05) is 6.79 Å². The summed E-state index contributed by atoms with van der Waals surface area (Å²) >= 11 is 7.98. The fourth-order valence-corrected chi connectivity index (χ4v) is 4.65. The van der Waals surface area contributed by atoms with Crippen LogP contribution in [0.1, 0.15) is 41.3 Å². The van der Waals surface area contributed by atoms with E-state index in [4.69, 9.17) is 21.1 Å². The molecule has 7 heteroatoms. The highest BCUT2D eigenvalue weighted by Crippen LogP contribution is 2.41. The molecule has 0 bridgehead atoms. The smallest absolute Gasteiger partial charge is 0.191 e. The van der Waals surface area contributed by atoms with Gasteiger partial charge < -0.3 is 14.0 Å². The van der Waals surface area contributed by atoms with Crippen LogP contribution in [0.3, 0.4) is 0 Å². The average Bonchev–Trinajstić information content (AvgIpc) is 3.49. The second-order valence-electron chi connectivity index (χ2n) is 7.14. The lowest BCUT2D eigenvalue weighted by Crippen LogP contribution is -2.13. The molecular weight excluding hydrogens is 394 g/mol. The van der Waals surface area contributed by atoms with Crippen LogP contribution >= 0.6 is 23.4 Å². The van der Waals surface area contributed by atoms with Crippen LogP contribution in [0.15, 0.2) is 47.6 Å². The van der Waals surface area contributed by atoms with Gasteiger partial charge in [0.15, 0.2) is 11.9 Å². The summed E-state index contributed by atoms with van der Waals surface area (Å²) in [6, 6.07) is 14.4. The topological polar surface area (TPSA) is 49.2 Å². The molecule has 0 atom stereocenters. The second kappa shape index (κ2) is 7.78. The van der Waals surface area contributed by atoms with Gasteiger partial charge in [0.25, 0.3) is 0 Å². The minimum Gasteiger partial charge on any atom is -0.467 e. The number of halogens is 1. The van der Waals surface area contributed by atoms with Crippen molar-refractivity contribution in [1.82, 2.24) is 14.8 Å². The van der Waals surface area contributed by atoms with Gasteiger partial charge in [-0.05, 0) is 30.5 Å². The minimum atomic E-state index is 0.280. The van der Waals surface area contributed by atoms with Crippen molar-refractivity contribution in [2.45, 2.75) is 42.8 Å². The maximum atomic E-state index is 6.30. The SMILES string of the molecule is Clc1cc2c(c(CSc3nnc(C4CC4)n3Cc3ccccc3)c1)OCOC2. The summed E-state index contributed by atoms with van der Waals surface area (Å²) in [5, 5.41) is 10.6. The molecule has 1 fully saturated rings. The van der Waals surface area contributed by atoms with Gasteiger partial charge in [0.05, 0.1) is 13.2 Å². The first-order chi connectivity index (χ1) is 13.8. The number of hydrogen-bond donors (Lipinski definition) is 0. The molecule has 1 aliphatic heterocycles. The molecule has 2 aromatic carbocycles. The highest BCUT2D eigenvalue weighted by molar-refractivity contribution is 7.98. The summed E-state index contributed by atoms with van der Waals surface area (Å²) in [6.45, 7) is 1.60. The third-order valence-electron chi connectivity index (χ3n) is 4.98. The molecule has 5 nitrogen and oxygen atoms in total. The zero-order valence-corrected chi connectivity index (χ0v) is 16.9. The predicted octanol–water partition coefficient (Wildman–Crippen LogP) is 5.02. The van der Waals surface area contributed by atoms with E-state index < -0.39 is 0 Å². The van der Waals surface area contributed by atoms with Crippen molar-refractivity contribution in [3.05, 3.63) is 70.0 Å². The minimum absolute atomic E-state index is 0.280. The Labute approximate surface area is 173 Å². The first kappa shape index (κ1) is 18.0. The molecule has 0 amide bonds. The van der Waals surface area contributed by atoms with Gasteiger partial charge in [0, 0.05) is 27.8 Å². The fourth-order valence-electron chi connectivity index (χ4n) is 3.47. The van der Waals surface area contributed by atoms with Crippen LogP contribution in [0.25, 0.3) is 0 Å². The molecule has 2 heterocycles. The van der Waals surface area contributed by atoms with Crippen LogP contribution in [0.4, 0.5) is 0 Å². The zero-order chi connectivity index (χ0) is 18.9. The molecule has 1 aliphatic carbocycles. The van der Waals surface area contributed by atoms with E-state index in [1.807, 2.05) is 18.2 Å². The molecule has 144 valence electrons. The highest BCUT2D eigenvalue weighted by atomic mass is 35.5. The van der Waals surface area contributed by atoms with E-state index in [9.17, 15) is 0 Å². The molecule has 0 unspecified atom stereocenters. The number of nitrogens with zero attached hydrogens (tertiary/aromatic N) is 3. The normalized spacial score (nSPS) is 15.9. The van der Waals surface area contributed by atoms with Gasteiger partial charge in [-0.1, -0.05) is 53.7 Å². The van der Waals surface area contributed by atoms with Crippen LogP contribution in [0.5, 0.6) is 5.75 Å². The Morgan fingerprint density at radius 1 is 1.14 bits per heavy atom. The Kier molecular flexibility index (Phi) is 5.01. The van der Waals surface area contributed by atoms with Crippen LogP contribution < -0.4 is 4.74 Å². The number of ether oxygens (including phenoxy) is 2. The van der Waals surface area contributed by atoms with Crippen LogP contribution in [0, 0.1) is 0 Å². The summed E-state index contributed by atoms with van der Waals surface area (Å²) in [5.41, 5.74) is 3.32. The maximum absolute atomic E-state index is 6.30. The molecule has 0 radical (unpaired) electrons. The zero-order valence-electron chi connectivity index (χ0n) is 15.3. The standard InChI is InChI=1S/C21H20ClN3O2S/c22-18-8-16-11-26-13-27-19(16)17(9-18)12-28-21-24-23-20(15-6-7-15)25(21)10-14-4-2-1-3-5-14/h1-5,8-9,15H,6-7,10-13H2. The van der Waals surface area contributed by atoms with Crippen molar-refractivity contribution in [3.8, 4) is 5.75 Å². The van der Waals surface area contributed by atoms with E-state index >= 15 is 0 Å². The predicted molar refractivity (Wildman–Crippen MR) is 109 cm³/mol. The van der Waals surface area contributed by atoms with E-state index in [1.54, 1.807) is 11.8 Å². The van der Waals surface area contributed by atoms with Crippen molar-refractivity contribution in [2.24, 2.45) is 0 Å². The lowest BCUT2D eigenvalue weighted by Gasteiger charge is -2.21. The van der Waals surface area contributed by atoms with Crippen molar-refractivity contribution in [3.63, 3.8) is 0 Å². The Bertz CT molecular complexity index is 989. The third-order valence-corrected chi connectivity index (χ3v) is 6.21. The molecule has 0 spiro atoms.